The molecule has 1 aromatic carbocycles. The molecule has 0 aliphatic heterocycles. The monoisotopic (exact) mass is 191 g/mol. The summed E-state index contributed by atoms with van der Waals surface area (Å²) in [6, 6.07) is 8.15. The number of nitrogens with two attached hydrogens (primary N) is 1. The first-order valence-electron chi connectivity index (χ1n) is 5.24. The van der Waals surface area contributed by atoms with E-state index in [0.717, 1.165) is 23.8 Å². The quantitative estimate of drug-likeness (QED) is 0.793. The van der Waals surface area contributed by atoms with Gasteiger partial charge in [0.1, 0.15) is 5.75 Å². The lowest BCUT2D eigenvalue weighted by Crippen LogP contribution is -2.05. The van der Waals surface area contributed by atoms with E-state index in [1.165, 1.54) is 12.8 Å². The molecule has 0 radical (unpaired) electrons. The minimum Gasteiger partial charge on any atom is -0.493 e. The van der Waals surface area contributed by atoms with E-state index in [4.69, 9.17) is 10.5 Å². The van der Waals surface area contributed by atoms with Crippen LogP contribution in [0.25, 0.3) is 0 Å². The molecule has 0 bridgehead atoms. The Bertz CT molecular complexity index is 305. The molecule has 0 heterocycles. The minimum absolute atomic E-state index is 0.0828. The molecule has 0 spiro atoms. The molecule has 1 aliphatic rings. The van der Waals surface area contributed by atoms with Crippen LogP contribution in [-0.4, -0.2) is 6.61 Å². The van der Waals surface area contributed by atoms with Crippen LogP contribution in [0.5, 0.6) is 5.75 Å². The molecule has 0 aromatic heterocycles. The molecule has 2 heteroatoms. The van der Waals surface area contributed by atoms with Crippen LogP contribution in [0.2, 0.25) is 0 Å². The predicted molar refractivity (Wildman–Crippen MR) is 57.3 cm³/mol. The lowest BCUT2D eigenvalue weighted by atomic mass is 10.1. The summed E-state index contributed by atoms with van der Waals surface area (Å²) in [5.41, 5.74) is 6.93. The van der Waals surface area contributed by atoms with Crippen molar-refractivity contribution in [2.24, 2.45) is 11.7 Å². The largest absolute Gasteiger partial charge is 0.493 e. The van der Waals surface area contributed by atoms with Gasteiger partial charge in [-0.3, -0.25) is 0 Å². The summed E-state index contributed by atoms with van der Waals surface area (Å²) in [6.45, 7) is 2.85. The Kier molecular flexibility index (Phi) is 2.73. The zero-order valence-electron chi connectivity index (χ0n) is 8.57. The van der Waals surface area contributed by atoms with Gasteiger partial charge in [0.05, 0.1) is 6.61 Å². The lowest BCUT2D eigenvalue weighted by Gasteiger charge is -2.09. The fourth-order valence-electron chi connectivity index (χ4n) is 1.39. The molecular formula is C12H17NO. The summed E-state index contributed by atoms with van der Waals surface area (Å²) >= 11 is 0. The molecule has 76 valence electrons. The highest BCUT2D eigenvalue weighted by atomic mass is 16.5. The molecule has 0 saturated heterocycles. The van der Waals surface area contributed by atoms with Crippen molar-refractivity contribution in [3.63, 3.8) is 0 Å². The summed E-state index contributed by atoms with van der Waals surface area (Å²) in [4.78, 5) is 0. The van der Waals surface area contributed by atoms with E-state index in [2.05, 4.69) is 0 Å². The van der Waals surface area contributed by atoms with E-state index in [-0.39, 0.29) is 6.04 Å². The summed E-state index contributed by atoms with van der Waals surface area (Å²) in [6.07, 6.45) is 2.65. The Balaban J connectivity index is 1.97. The van der Waals surface area contributed by atoms with Crippen molar-refractivity contribution < 1.29 is 4.74 Å². The highest BCUT2D eigenvalue weighted by Gasteiger charge is 2.21. The van der Waals surface area contributed by atoms with Gasteiger partial charge in [0, 0.05) is 6.04 Å². The van der Waals surface area contributed by atoms with Crippen molar-refractivity contribution in [2.45, 2.75) is 25.8 Å². The standard InChI is InChI=1S/C12H17NO/c1-9(13)11-3-2-4-12(7-11)14-8-10-5-6-10/h2-4,7,9-10H,5-6,8,13H2,1H3/t9-/m1/s1. The van der Waals surface area contributed by atoms with E-state index in [1.54, 1.807) is 0 Å². The van der Waals surface area contributed by atoms with Gasteiger partial charge in [-0.1, -0.05) is 12.1 Å². The van der Waals surface area contributed by atoms with Crippen molar-refractivity contribution in [3.8, 4) is 5.75 Å². The summed E-state index contributed by atoms with van der Waals surface area (Å²) in [5, 5.41) is 0. The first-order valence-corrected chi connectivity index (χ1v) is 5.24. The van der Waals surface area contributed by atoms with Crippen LogP contribution in [0.3, 0.4) is 0 Å². The molecule has 0 unspecified atom stereocenters. The number of hydrogen-bond donors (Lipinski definition) is 1. The maximum absolute atomic E-state index is 5.80. The number of ether oxygens (including phenoxy) is 1. The van der Waals surface area contributed by atoms with Gasteiger partial charge in [-0.25, -0.2) is 0 Å². The Labute approximate surface area is 85.1 Å². The maximum Gasteiger partial charge on any atom is 0.119 e. The van der Waals surface area contributed by atoms with Gasteiger partial charge in [0.15, 0.2) is 0 Å². The first-order chi connectivity index (χ1) is 6.75. The van der Waals surface area contributed by atoms with Crippen LogP contribution in [-0.2, 0) is 0 Å². The highest BCUT2D eigenvalue weighted by Crippen LogP contribution is 2.29. The normalized spacial score (nSPS) is 17.9. The van der Waals surface area contributed by atoms with Crippen molar-refractivity contribution in [3.05, 3.63) is 29.8 Å². The fourth-order valence-corrected chi connectivity index (χ4v) is 1.39. The fraction of sp³-hybridized carbons (Fsp3) is 0.500. The van der Waals surface area contributed by atoms with Crippen LogP contribution in [0.15, 0.2) is 24.3 Å². The predicted octanol–water partition coefficient (Wildman–Crippen LogP) is 2.50. The third kappa shape index (κ3) is 2.48. The molecule has 0 amide bonds. The Morgan fingerprint density at radius 1 is 1.50 bits per heavy atom. The third-order valence-electron chi connectivity index (χ3n) is 2.57. The van der Waals surface area contributed by atoms with Gasteiger partial charge < -0.3 is 10.5 Å². The van der Waals surface area contributed by atoms with E-state index in [0.29, 0.717) is 0 Å². The second kappa shape index (κ2) is 4.01. The zero-order valence-corrected chi connectivity index (χ0v) is 8.57. The highest BCUT2D eigenvalue weighted by molar-refractivity contribution is 5.30. The second-order valence-corrected chi connectivity index (χ2v) is 4.12. The van der Waals surface area contributed by atoms with Crippen LogP contribution in [0.4, 0.5) is 0 Å². The number of benzene rings is 1. The molecule has 2 rings (SSSR count). The van der Waals surface area contributed by atoms with Crippen molar-refractivity contribution >= 4 is 0 Å². The minimum atomic E-state index is 0.0828. The van der Waals surface area contributed by atoms with Crippen molar-refractivity contribution in [1.29, 1.82) is 0 Å². The van der Waals surface area contributed by atoms with Gasteiger partial charge in [-0.15, -0.1) is 0 Å². The third-order valence-corrected chi connectivity index (χ3v) is 2.57. The van der Waals surface area contributed by atoms with Gasteiger partial charge >= 0.3 is 0 Å². The molecule has 1 saturated carbocycles. The van der Waals surface area contributed by atoms with Gasteiger partial charge in [-0.05, 0) is 43.4 Å². The van der Waals surface area contributed by atoms with Gasteiger partial charge in [0.2, 0.25) is 0 Å². The molecular weight excluding hydrogens is 174 g/mol. The molecule has 1 fully saturated rings. The molecule has 14 heavy (non-hydrogen) atoms. The Hall–Kier alpha value is -1.02. The average molecular weight is 191 g/mol. The van der Waals surface area contributed by atoms with Crippen molar-refractivity contribution in [2.75, 3.05) is 6.61 Å². The van der Waals surface area contributed by atoms with Crippen LogP contribution >= 0.6 is 0 Å². The first kappa shape index (κ1) is 9.53. The van der Waals surface area contributed by atoms with E-state index in [9.17, 15) is 0 Å². The molecule has 1 aromatic rings. The molecule has 1 aliphatic carbocycles. The Morgan fingerprint density at radius 2 is 2.29 bits per heavy atom. The van der Waals surface area contributed by atoms with Crippen LogP contribution < -0.4 is 10.5 Å². The summed E-state index contributed by atoms with van der Waals surface area (Å²) < 4.78 is 5.67. The smallest absolute Gasteiger partial charge is 0.119 e. The van der Waals surface area contributed by atoms with Crippen LogP contribution in [0.1, 0.15) is 31.4 Å². The van der Waals surface area contributed by atoms with E-state index < -0.39 is 0 Å². The second-order valence-electron chi connectivity index (χ2n) is 4.12. The topological polar surface area (TPSA) is 35.2 Å². The maximum atomic E-state index is 5.80. The summed E-state index contributed by atoms with van der Waals surface area (Å²) in [5.74, 6) is 1.75. The van der Waals surface area contributed by atoms with E-state index >= 15 is 0 Å². The molecule has 1 atom stereocenters. The number of hydrogen-bond acceptors (Lipinski definition) is 2. The Morgan fingerprint density at radius 3 is 2.93 bits per heavy atom. The molecule has 2 nitrogen and oxygen atoms in total. The van der Waals surface area contributed by atoms with Gasteiger partial charge in [-0.2, -0.15) is 0 Å². The van der Waals surface area contributed by atoms with E-state index in [1.807, 2.05) is 31.2 Å². The zero-order chi connectivity index (χ0) is 9.97. The average Bonchev–Trinajstić information content (AvgIpc) is 2.99. The molecule has 2 N–H and O–H groups in total. The van der Waals surface area contributed by atoms with Crippen molar-refractivity contribution in [1.82, 2.24) is 0 Å². The lowest BCUT2D eigenvalue weighted by molar-refractivity contribution is 0.299. The van der Waals surface area contributed by atoms with Crippen LogP contribution in [0, 0.1) is 5.92 Å². The summed E-state index contributed by atoms with van der Waals surface area (Å²) in [7, 11) is 0. The van der Waals surface area contributed by atoms with Gasteiger partial charge in [0.25, 0.3) is 0 Å². The SMILES string of the molecule is C[C@@H](N)c1cccc(OCC2CC2)c1. The number of rotatable bonds is 4.